The summed E-state index contributed by atoms with van der Waals surface area (Å²) in [5, 5.41) is 3.44. The van der Waals surface area contributed by atoms with Crippen LogP contribution in [0.3, 0.4) is 0 Å². The zero-order valence-electron chi connectivity index (χ0n) is 21.1. The Labute approximate surface area is 210 Å². The molecule has 0 unspecified atom stereocenters. The van der Waals surface area contributed by atoms with Crippen LogP contribution < -0.4 is 15.6 Å². The van der Waals surface area contributed by atoms with E-state index in [0.717, 1.165) is 41.1 Å². The van der Waals surface area contributed by atoms with E-state index in [4.69, 9.17) is 9.47 Å². The van der Waals surface area contributed by atoms with Gasteiger partial charge in [-0.25, -0.2) is 14.8 Å². The van der Waals surface area contributed by atoms with Crippen molar-refractivity contribution in [1.29, 1.82) is 0 Å². The Bertz CT molecular complexity index is 1350. The van der Waals surface area contributed by atoms with Crippen LogP contribution in [-0.2, 0) is 18.4 Å². The molecule has 0 aliphatic carbocycles. The number of rotatable bonds is 2. The number of carbonyl (C=O) groups excluding carboxylic acids is 1. The van der Waals surface area contributed by atoms with Gasteiger partial charge in [0.1, 0.15) is 30.1 Å². The SMILES string of the molecule is Cn1cc(-c2ncnc3c2COc2ccc(C4CCN(C(=O)OC(C)(C)C)CC4)cc2N3)ccc1=O. The molecular weight excluding hydrogens is 458 g/mol. The number of pyridine rings is 1. The van der Waals surface area contributed by atoms with E-state index in [1.165, 1.54) is 22.5 Å². The van der Waals surface area contributed by atoms with Gasteiger partial charge in [0.05, 0.1) is 16.9 Å². The van der Waals surface area contributed by atoms with Crippen molar-refractivity contribution in [3.63, 3.8) is 0 Å². The third kappa shape index (κ3) is 4.91. The number of hydrogen-bond donors (Lipinski definition) is 1. The largest absolute Gasteiger partial charge is 0.486 e. The van der Waals surface area contributed by atoms with Crippen molar-refractivity contribution >= 4 is 17.6 Å². The highest BCUT2D eigenvalue weighted by Crippen LogP contribution is 2.39. The summed E-state index contributed by atoms with van der Waals surface area (Å²) >= 11 is 0. The van der Waals surface area contributed by atoms with E-state index >= 15 is 0 Å². The third-order valence-corrected chi connectivity index (χ3v) is 6.55. The number of likely N-dealkylation sites (tertiary alicyclic amines) is 1. The van der Waals surface area contributed by atoms with Crippen molar-refractivity contribution in [2.75, 3.05) is 18.4 Å². The fourth-order valence-corrected chi connectivity index (χ4v) is 4.66. The van der Waals surface area contributed by atoms with Crippen molar-refractivity contribution in [2.24, 2.45) is 7.05 Å². The molecule has 0 atom stereocenters. The number of nitrogens with one attached hydrogen (secondary N) is 1. The van der Waals surface area contributed by atoms with Gasteiger partial charge >= 0.3 is 6.09 Å². The van der Waals surface area contributed by atoms with Crippen LogP contribution in [0.5, 0.6) is 5.75 Å². The second-order valence-corrected chi connectivity index (χ2v) is 10.3. The first-order valence-electron chi connectivity index (χ1n) is 12.2. The van der Waals surface area contributed by atoms with Gasteiger partial charge in [-0.15, -0.1) is 0 Å². The number of fused-ring (bicyclic) bond motifs is 2. The molecule has 3 aromatic rings. The number of nitrogens with zero attached hydrogens (tertiary/aromatic N) is 4. The minimum Gasteiger partial charge on any atom is -0.486 e. The Balaban J connectivity index is 1.35. The molecule has 188 valence electrons. The van der Waals surface area contributed by atoms with E-state index in [1.807, 2.05) is 26.8 Å². The van der Waals surface area contributed by atoms with E-state index in [2.05, 4.69) is 27.4 Å². The summed E-state index contributed by atoms with van der Waals surface area (Å²) in [6.45, 7) is 7.30. The van der Waals surface area contributed by atoms with Crippen LogP contribution in [0.25, 0.3) is 11.3 Å². The second-order valence-electron chi connectivity index (χ2n) is 10.3. The van der Waals surface area contributed by atoms with Gasteiger partial charge in [-0.1, -0.05) is 6.07 Å². The van der Waals surface area contributed by atoms with Gasteiger partial charge in [0.15, 0.2) is 0 Å². The Morgan fingerprint density at radius 2 is 1.92 bits per heavy atom. The van der Waals surface area contributed by atoms with Crippen LogP contribution >= 0.6 is 0 Å². The van der Waals surface area contributed by atoms with Gasteiger partial charge in [-0.2, -0.15) is 0 Å². The summed E-state index contributed by atoms with van der Waals surface area (Å²) in [5.41, 5.74) is 3.86. The van der Waals surface area contributed by atoms with E-state index in [9.17, 15) is 9.59 Å². The van der Waals surface area contributed by atoms with Crippen LogP contribution in [0.15, 0.2) is 47.7 Å². The summed E-state index contributed by atoms with van der Waals surface area (Å²) in [6, 6.07) is 9.51. The molecule has 0 saturated carbocycles. The Kier molecular flexibility index (Phi) is 6.15. The molecule has 0 bridgehead atoms. The summed E-state index contributed by atoms with van der Waals surface area (Å²) in [7, 11) is 1.72. The van der Waals surface area contributed by atoms with Gasteiger partial charge in [-0.3, -0.25) is 4.79 Å². The topological polar surface area (TPSA) is 98.6 Å². The molecule has 0 spiro atoms. The molecule has 2 aromatic heterocycles. The lowest BCUT2D eigenvalue weighted by Gasteiger charge is -2.33. The molecule has 0 radical (unpaired) electrons. The summed E-state index contributed by atoms with van der Waals surface area (Å²) in [6.07, 6.45) is 4.78. The average molecular weight is 490 g/mol. The van der Waals surface area contributed by atoms with Gasteiger partial charge in [0.2, 0.25) is 5.56 Å². The number of aryl methyl sites for hydroxylation is 1. The van der Waals surface area contributed by atoms with Crippen LogP contribution in [0.1, 0.15) is 50.7 Å². The molecule has 1 saturated heterocycles. The molecular formula is C27H31N5O4. The molecule has 9 heteroatoms. The average Bonchev–Trinajstić information content (AvgIpc) is 3.03. The predicted molar refractivity (Wildman–Crippen MR) is 137 cm³/mol. The second kappa shape index (κ2) is 9.29. The van der Waals surface area contributed by atoms with Crippen LogP contribution in [0.2, 0.25) is 0 Å². The first kappa shape index (κ1) is 23.8. The molecule has 1 amide bonds. The number of anilines is 2. The first-order chi connectivity index (χ1) is 17.2. The summed E-state index contributed by atoms with van der Waals surface area (Å²) in [5.74, 6) is 1.77. The van der Waals surface area contributed by atoms with E-state index in [0.29, 0.717) is 31.4 Å². The van der Waals surface area contributed by atoms with Crippen LogP contribution in [0.4, 0.5) is 16.3 Å². The molecule has 9 nitrogen and oxygen atoms in total. The fraction of sp³-hybridized carbons (Fsp3) is 0.407. The van der Waals surface area contributed by atoms with E-state index in [1.54, 1.807) is 24.2 Å². The Morgan fingerprint density at radius 3 is 2.64 bits per heavy atom. The van der Waals surface area contributed by atoms with Crippen molar-refractivity contribution in [3.05, 3.63) is 64.3 Å². The predicted octanol–water partition coefficient (Wildman–Crippen LogP) is 4.59. The molecule has 1 N–H and O–H groups in total. The van der Waals surface area contributed by atoms with Crippen molar-refractivity contribution < 1.29 is 14.3 Å². The lowest BCUT2D eigenvalue weighted by molar-refractivity contribution is 0.0205. The van der Waals surface area contributed by atoms with Crippen molar-refractivity contribution in [3.8, 4) is 17.0 Å². The smallest absolute Gasteiger partial charge is 0.410 e. The number of ether oxygens (including phenoxy) is 2. The molecule has 36 heavy (non-hydrogen) atoms. The standard InChI is InChI=1S/C27H31N5O4/c1-27(2,3)36-26(34)32-11-9-17(10-12-32)18-5-7-22-21(13-18)30-25-20(15-35-22)24(28-16-29-25)19-6-8-23(33)31(4)14-19/h5-8,13-14,16-17H,9-12,15H2,1-4H3,(H,28,29,30). The minimum absolute atomic E-state index is 0.0786. The number of aromatic nitrogens is 3. The molecule has 5 rings (SSSR count). The monoisotopic (exact) mass is 489 g/mol. The molecule has 1 fully saturated rings. The maximum absolute atomic E-state index is 12.4. The Morgan fingerprint density at radius 1 is 1.14 bits per heavy atom. The lowest BCUT2D eigenvalue weighted by atomic mass is 9.89. The summed E-state index contributed by atoms with van der Waals surface area (Å²) in [4.78, 5) is 35.0. The Hall–Kier alpha value is -3.88. The highest BCUT2D eigenvalue weighted by atomic mass is 16.6. The third-order valence-electron chi connectivity index (χ3n) is 6.55. The number of carbonyl (C=O) groups is 1. The number of benzene rings is 1. The zero-order chi connectivity index (χ0) is 25.4. The normalized spacial score (nSPS) is 15.7. The van der Waals surface area contributed by atoms with Crippen LogP contribution in [0, 0.1) is 0 Å². The molecule has 2 aliphatic rings. The molecule has 2 aliphatic heterocycles. The highest BCUT2D eigenvalue weighted by molar-refractivity contribution is 5.74. The number of piperidine rings is 1. The minimum atomic E-state index is -0.493. The van der Waals surface area contributed by atoms with Crippen molar-refractivity contribution in [2.45, 2.75) is 51.7 Å². The van der Waals surface area contributed by atoms with E-state index < -0.39 is 5.60 Å². The quantitative estimate of drug-likeness (QED) is 0.562. The molecule has 1 aromatic carbocycles. The molecule has 4 heterocycles. The maximum atomic E-state index is 12.4. The van der Waals surface area contributed by atoms with Crippen molar-refractivity contribution in [1.82, 2.24) is 19.4 Å². The maximum Gasteiger partial charge on any atom is 0.410 e. The highest BCUT2D eigenvalue weighted by Gasteiger charge is 2.28. The zero-order valence-corrected chi connectivity index (χ0v) is 21.1. The van der Waals surface area contributed by atoms with Gasteiger partial charge in [-0.05, 0) is 63.3 Å². The lowest BCUT2D eigenvalue weighted by Crippen LogP contribution is -2.41. The number of hydrogen-bond acceptors (Lipinski definition) is 7. The van der Waals surface area contributed by atoms with Gasteiger partial charge in [0, 0.05) is 38.0 Å². The summed E-state index contributed by atoms with van der Waals surface area (Å²) < 4.78 is 13.2. The fourth-order valence-electron chi connectivity index (χ4n) is 4.66. The number of amides is 1. The van der Waals surface area contributed by atoms with Gasteiger partial charge < -0.3 is 24.3 Å². The van der Waals surface area contributed by atoms with Crippen LogP contribution in [-0.4, -0.2) is 44.2 Å². The first-order valence-corrected chi connectivity index (χ1v) is 12.2. The van der Waals surface area contributed by atoms with Gasteiger partial charge in [0.25, 0.3) is 0 Å². The van der Waals surface area contributed by atoms with E-state index in [-0.39, 0.29) is 11.7 Å².